The van der Waals surface area contributed by atoms with Gasteiger partial charge in [-0.3, -0.25) is 9.36 Å². The third-order valence-electron chi connectivity index (χ3n) is 4.03. The molecule has 3 rings (SSSR count). The van der Waals surface area contributed by atoms with E-state index in [0.717, 1.165) is 22.2 Å². The first-order valence-electron chi connectivity index (χ1n) is 8.29. The molecule has 0 saturated carbocycles. The quantitative estimate of drug-likeness (QED) is 0.648. The summed E-state index contributed by atoms with van der Waals surface area (Å²) in [7, 11) is 1.64. The summed E-state index contributed by atoms with van der Waals surface area (Å²) < 4.78 is 7.14. The summed E-state index contributed by atoms with van der Waals surface area (Å²) in [5, 5.41) is 3.74. The number of nitrogens with zero attached hydrogens (tertiary/aromatic N) is 2. The van der Waals surface area contributed by atoms with Gasteiger partial charge in [0.2, 0.25) is 5.91 Å². The van der Waals surface area contributed by atoms with E-state index in [1.165, 1.54) is 17.3 Å². The Hall–Kier alpha value is -2.73. The minimum Gasteiger partial charge on any atom is -0.497 e. The fourth-order valence-electron chi connectivity index (χ4n) is 2.52. The van der Waals surface area contributed by atoms with Crippen molar-refractivity contribution in [1.82, 2.24) is 14.9 Å². The van der Waals surface area contributed by atoms with Crippen LogP contribution in [0.4, 0.5) is 0 Å². The van der Waals surface area contributed by atoms with E-state index in [9.17, 15) is 4.79 Å². The topological polar surface area (TPSA) is 56.2 Å². The van der Waals surface area contributed by atoms with Crippen LogP contribution < -0.4 is 10.1 Å². The molecule has 0 saturated heterocycles. The van der Waals surface area contributed by atoms with E-state index in [-0.39, 0.29) is 5.91 Å². The molecule has 5 nitrogen and oxygen atoms in total. The van der Waals surface area contributed by atoms with Gasteiger partial charge in [0.15, 0.2) is 5.16 Å². The van der Waals surface area contributed by atoms with E-state index in [1.54, 1.807) is 13.3 Å². The van der Waals surface area contributed by atoms with Gasteiger partial charge in [-0.1, -0.05) is 36.0 Å². The van der Waals surface area contributed by atoms with Crippen LogP contribution in [-0.2, 0) is 11.3 Å². The highest BCUT2D eigenvalue weighted by molar-refractivity contribution is 7.99. The minimum absolute atomic E-state index is 0.0115. The number of aromatic nitrogens is 2. The summed E-state index contributed by atoms with van der Waals surface area (Å²) in [4.78, 5) is 16.5. The van der Waals surface area contributed by atoms with Gasteiger partial charge in [-0.2, -0.15) is 0 Å². The second-order valence-electron chi connectivity index (χ2n) is 5.77. The van der Waals surface area contributed by atoms with Gasteiger partial charge in [0, 0.05) is 24.6 Å². The highest BCUT2D eigenvalue weighted by Crippen LogP contribution is 2.22. The van der Waals surface area contributed by atoms with Gasteiger partial charge in [0.05, 0.1) is 12.9 Å². The van der Waals surface area contributed by atoms with E-state index in [4.69, 9.17) is 4.74 Å². The predicted octanol–water partition coefficient (Wildman–Crippen LogP) is 3.60. The average Bonchev–Trinajstić information content (AvgIpc) is 3.14. The highest BCUT2D eigenvalue weighted by atomic mass is 32.2. The van der Waals surface area contributed by atoms with Crippen LogP contribution in [0, 0.1) is 6.92 Å². The second-order valence-corrected chi connectivity index (χ2v) is 6.71. The molecule has 1 heterocycles. The Morgan fingerprint density at radius 1 is 1.19 bits per heavy atom. The number of benzene rings is 2. The molecule has 0 bridgehead atoms. The summed E-state index contributed by atoms with van der Waals surface area (Å²) >= 11 is 1.41. The molecule has 0 atom stereocenters. The van der Waals surface area contributed by atoms with Crippen molar-refractivity contribution in [3.8, 4) is 11.4 Å². The van der Waals surface area contributed by atoms with Gasteiger partial charge >= 0.3 is 0 Å². The van der Waals surface area contributed by atoms with E-state index in [0.29, 0.717) is 12.3 Å². The Bertz CT molecular complexity index is 875. The summed E-state index contributed by atoms with van der Waals surface area (Å²) in [6, 6.07) is 15.8. The standard InChI is InChI=1S/C20H21N3O2S/c1-15-5-3-4-6-16(15)13-22-19(24)14-26-20-21-11-12-23(20)17-7-9-18(25-2)10-8-17/h3-12H,13-14H2,1-2H3,(H,22,24). The van der Waals surface area contributed by atoms with Gasteiger partial charge < -0.3 is 10.1 Å². The molecule has 3 aromatic rings. The molecule has 1 aromatic heterocycles. The summed E-state index contributed by atoms with van der Waals surface area (Å²) in [5.41, 5.74) is 3.28. The minimum atomic E-state index is -0.0115. The van der Waals surface area contributed by atoms with E-state index < -0.39 is 0 Å². The summed E-state index contributed by atoms with van der Waals surface area (Å²) in [6.07, 6.45) is 3.62. The van der Waals surface area contributed by atoms with Crippen LogP contribution in [0.25, 0.3) is 5.69 Å². The first kappa shape index (κ1) is 18.1. The van der Waals surface area contributed by atoms with Gasteiger partial charge in [-0.15, -0.1) is 0 Å². The number of rotatable bonds is 7. The maximum atomic E-state index is 12.2. The van der Waals surface area contributed by atoms with E-state index in [1.807, 2.05) is 66.2 Å². The maximum Gasteiger partial charge on any atom is 0.230 e. The number of methoxy groups -OCH3 is 1. The smallest absolute Gasteiger partial charge is 0.230 e. The lowest BCUT2D eigenvalue weighted by Gasteiger charge is -2.09. The molecular formula is C20H21N3O2S. The Labute approximate surface area is 157 Å². The number of ether oxygens (including phenoxy) is 1. The van der Waals surface area contributed by atoms with Crippen LogP contribution in [0.5, 0.6) is 5.75 Å². The number of carbonyl (C=O) groups excluding carboxylic acids is 1. The zero-order chi connectivity index (χ0) is 18.4. The fraction of sp³-hybridized carbons (Fsp3) is 0.200. The summed E-state index contributed by atoms with van der Waals surface area (Å²) in [5.74, 6) is 1.11. The Morgan fingerprint density at radius 2 is 1.96 bits per heavy atom. The van der Waals surface area contributed by atoms with Crippen molar-refractivity contribution in [2.24, 2.45) is 0 Å². The van der Waals surface area contributed by atoms with Crippen LogP contribution in [-0.4, -0.2) is 28.3 Å². The first-order valence-corrected chi connectivity index (χ1v) is 9.27. The lowest BCUT2D eigenvalue weighted by molar-refractivity contribution is -0.118. The zero-order valence-corrected chi connectivity index (χ0v) is 15.6. The largest absolute Gasteiger partial charge is 0.497 e. The normalized spacial score (nSPS) is 10.5. The lowest BCUT2D eigenvalue weighted by Crippen LogP contribution is -2.25. The third-order valence-corrected chi connectivity index (χ3v) is 4.99. The molecule has 0 aliphatic carbocycles. The van der Waals surface area contributed by atoms with Crippen LogP contribution in [0.3, 0.4) is 0 Å². The molecular weight excluding hydrogens is 346 g/mol. The monoisotopic (exact) mass is 367 g/mol. The van der Waals surface area contributed by atoms with Crippen LogP contribution in [0.2, 0.25) is 0 Å². The highest BCUT2D eigenvalue weighted by Gasteiger charge is 2.09. The average molecular weight is 367 g/mol. The number of hydrogen-bond acceptors (Lipinski definition) is 4. The molecule has 0 aliphatic rings. The Balaban J connectivity index is 1.57. The number of carbonyl (C=O) groups is 1. The molecule has 2 aromatic carbocycles. The Morgan fingerprint density at radius 3 is 2.69 bits per heavy atom. The zero-order valence-electron chi connectivity index (χ0n) is 14.8. The molecule has 6 heteroatoms. The number of nitrogens with one attached hydrogen (secondary N) is 1. The number of imidazole rings is 1. The van der Waals surface area contributed by atoms with Crippen molar-refractivity contribution in [2.45, 2.75) is 18.6 Å². The number of aryl methyl sites for hydroxylation is 1. The van der Waals surface area contributed by atoms with Gasteiger partial charge in [0.1, 0.15) is 5.75 Å². The van der Waals surface area contributed by atoms with Crippen molar-refractivity contribution < 1.29 is 9.53 Å². The number of amides is 1. The third kappa shape index (κ3) is 4.46. The fourth-order valence-corrected chi connectivity index (χ4v) is 3.32. The van der Waals surface area contributed by atoms with Crippen molar-refractivity contribution in [2.75, 3.05) is 12.9 Å². The number of hydrogen-bond donors (Lipinski definition) is 1. The van der Waals surface area contributed by atoms with Crippen LogP contribution >= 0.6 is 11.8 Å². The van der Waals surface area contributed by atoms with Crippen LogP contribution in [0.15, 0.2) is 66.1 Å². The molecule has 0 aliphatic heterocycles. The molecule has 1 amide bonds. The van der Waals surface area contributed by atoms with Gasteiger partial charge in [-0.05, 0) is 42.3 Å². The second kappa shape index (κ2) is 8.58. The molecule has 0 spiro atoms. The molecule has 0 radical (unpaired) electrons. The van der Waals surface area contributed by atoms with Crippen LogP contribution in [0.1, 0.15) is 11.1 Å². The molecule has 134 valence electrons. The summed E-state index contributed by atoms with van der Waals surface area (Å²) in [6.45, 7) is 2.58. The SMILES string of the molecule is COc1ccc(-n2ccnc2SCC(=O)NCc2ccccc2C)cc1. The Kier molecular flexibility index (Phi) is 5.96. The van der Waals surface area contributed by atoms with Crippen molar-refractivity contribution in [1.29, 1.82) is 0 Å². The predicted molar refractivity (Wildman–Crippen MR) is 104 cm³/mol. The van der Waals surface area contributed by atoms with Gasteiger partial charge in [0.25, 0.3) is 0 Å². The van der Waals surface area contributed by atoms with Crippen molar-refractivity contribution >= 4 is 17.7 Å². The first-order chi connectivity index (χ1) is 12.7. The molecule has 0 fully saturated rings. The molecule has 1 N–H and O–H groups in total. The van der Waals surface area contributed by atoms with Crippen molar-refractivity contribution in [3.05, 3.63) is 72.1 Å². The van der Waals surface area contributed by atoms with E-state index in [2.05, 4.69) is 10.3 Å². The maximum absolute atomic E-state index is 12.2. The van der Waals surface area contributed by atoms with E-state index >= 15 is 0 Å². The number of thioether (sulfide) groups is 1. The van der Waals surface area contributed by atoms with Crippen molar-refractivity contribution in [3.63, 3.8) is 0 Å². The van der Waals surface area contributed by atoms with Gasteiger partial charge in [-0.25, -0.2) is 4.98 Å². The molecule has 26 heavy (non-hydrogen) atoms. The molecule has 0 unspecified atom stereocenters. The lowest BCUT2D eigenvalue weighted by atomic mass is 10.1.